The number of thiophene rings is 1. The zero-order valence-electron chi connectivity index (χ0n) is 14.4. The first-order valence-corrected chi connectivity index (χ1v) is 10.9. The summed E-state index contributed by atoms with van der Waals surface area (Å²) in [4.78, 5) is 14.4. The molecule has 1 saturated heterocycles. The monoisotopic (exact) mass is 420 g/mol. The van der Waals surface area contributed by atoms with Crippen molar-refractivity contribution in [2.24, 2.45) is 4.40 Å². The minimum absolute atomic E-state index is 0.113. The molecule has 27 heavy (non-hydrogen) atoms. The number of amidine groups is 1. The number of hydrogen-bond donors (Lipinski definition) is 0. The molecule has 0 N–H and O–H groups in total. The third-order valence-corrected chi connectivity index (χ3v) is 7.30. The predicted octanol–water partition coefficient (Wildman–Crippen LogP) is 3.60. The van der Waals surface area contributed by atoms with Crippen LogP contribution in [0.15, 0.2) is 67.9 Å². The van der Waals surface area contributed by atoms with Gasteiger partial charge in [0.25, 0.3) is 15.9 Å². The summed E-state index contributed by atoms with van der Waals surface area (Å²) in [5.41, 5.74) is 0.770. The third kappa shape index (κ3) is 4.32. The van der Waals surface area contributed by atoms with Gasteiger partial charge in [0.05, 0.1) is 12.0 Å². The van der Waals surface area contributed by atoms with Gasteiger partial charge in [-0.05, 0) is 47.0 Å². The van der Waals surface area contributed by atoms with E-state index in [1.165, 1.54) is 17.0 Å². The van der Waals surface area contributed by atoms with Crippen LogP contribution < -0.4 is 4.74 Å². The molecule has 9 heteroatoms. The molecule has 1 fully saturated rings. The highest BCUT2D eigenvalue weighted by Crippen LogP contribution is 2.34. The maximum atomic E-state index is 12.7. The predicted molar refractivity (Wildman–Crippen MR) is 109 cm³/mol. The molecular formula is C18H16N2O4S3. The van der Waals surface area contributed by atoms with Crippen LogP contribution in [0.5, 0.6) is 5.75 Å². The van der Waals surface area contributed by atoms with E-state index < -0.39 is 10.0 Å². The molecule has 6 nitrogen and oxygen atoms in total. The molecule has 0 atom stereocenters. The van der Waals surface area contributed by atoms with Gasteiger partial charge in [0.2, 0.25) is 0 Å². The van der Waals surface area contributed by atoms with E-state index in [2.05, 4.69) is 11.0 Å². The Balaban J connectivity index is 1.98. The molecule has 0 unspecified atom stereocenters. The van der Waals surface area contributed by atoms with E-state index in [1.807, 2.05) is 12.1 Å². The molecule has 1 aliphatic rings. The molecule has 1 aliphatic heterocycles. The third-order valence-electron chi connectivity index (χ3n) is 3.54. The molecule has 1 aromatic heterocycles. The fourth-order valence-electron chi connectivity index (χ4n) is 2.31. The molecule has 0 spiro atoms. The van der Waals surface area contributed by atoms with Gasteiger partial charge in [-0.15, -0.1) is 22.3 Å². The van der Waals surface area contributed by atoms with Gasteiger partial charge in [-0.25, -0.2) is 0 Å². The summed E-state index contributed by atoms with van der Waals surface area (Å²) in [6, 6.07) is 10.4. The van der Waals surface area contributed by atoms with Crippen LogP contribution in [0, 0.1) is 0 Å². The van der Waals surface area contributed by atoms with E-state index >= 15 is 0 Å². The van der Waals surface area contributed by atoms with E-state index in [0.29, 0.717) is 10.7 Å². The van der Waals surface area contributed by atoms with Crippen LogP contribution in [0.3, 0.4) is 0 Å². The lowest BCUT2D eigenvalue weighted by Crippen LogP contribution is -2.29. The average Bonchev–Trinajstić information content (AvgIpc) is 3.28. The van der Waals surface area contributed by atoms with E-state index in [1.54, 1.807) is 36.8 Å². The molecular weight excluding hydrogens is 404 g/mol. The second-order valence-electron chi connectivity index (χ2n) is 5.37. The van der Waals surface area contributed by atoms with Crippen LogP contribution in [-0.4, -0.2) is 38.0 Å². The lowest BCUT2D eigenvalue weighted by molar-refractivity contribution is -0.121. The molecule has 3 rings (SSSR count). The van der Waals surface area contributed by atoms with Crippen molar-refractivity contribution < 1.29 is 17.9 Å². The van der Waals surface area contributed by atoms with Crippen LogP contribution in [0.1, 0.15) is 5.56 Å². The Morgan fingerprint density at radius 3 is 2.78 bits per heavy atom. The Morgan fingerprint density at radius 2 is 2.11 bits per heavy atom. The molecule has 2 heterocycles. The molecule has 0 bridgehead atoms. The maximum absolute atomic E-state index is 12.7. The van der Waals surface area contributed by atoms with Crippen molar-refractivity contribution in [2.75, 3.05) is 13.7 Å². The van der Waals surface area contributed by atoms with Gasteiger partial charge < -0.3 is 4.74 Å². The average molecular weight is 421 g/mol. The number of methoxy groups -OCH3 is 1. The standard InChI is InChI=1S/C18H16N2O4S3/c1-3-9-20-17(21)15(12-13-6-4-7-14(11-13)24-2)26-18(20)19-27(22,23)16-8-5-10-25-16/h3-8,10-12H,1,9H2,2H3. The van der Waals surface area contributed by atoms with Crippen molar-refractivity contribution in [1.29, 1.82) is 0 Å². The first-order chi connectivity index (χ1) is 12.9. The van der Waals surface area contributed by atoms with E-state index in [-0.39, 0.29) is 21.8 Å². The first kappa shape index (κ1) is 19.4. The minimum atomic E-state index is -3.87. The first-order valence-electron chi connectivity index (χ1n) is 7.79. The van der Waals surface area contributed by atoms with Gasteiger partial charge >= 0.3 is 0 Å². The number of rotatable bonds is 6. The molecule has 1 amide bonds. The number of carbonyl (C=O) groups excluding carboxylic acids is 1. The van der Waals surface area contributed by atoms with Crippen LogP contribution in [0.2, 0.25) is 0 Å². The summed E-state index contributed by atoms with van der Waals surface area (Å²) < 4.78 is 34.1. The van der Waals surface area contributed by atoms with Gasteiger partial charge in [-0.2, -0.15) is 8.42 Å². The number of ether oxygens (including phenoxy) is 1. The lowest BCUT2D eigenvalue weighted by Gasteiger charge is -2.12. The van der Waals surface area contributed by atoms with Crippen LogP contribution in [0.4, 0.5) is 0 Å². The van der Waals surface area contributed by atoms with Crippen molar-refractivity contribution in [3.05, 3.63) is 64.9 Å². The second-order valence-corrected chi connectivity index (χ2v) is 9.16. The molecule has 0 radical (unpaired) electrons. The zero-order valence-corrected chi connectivity index (χ0v) is 16.8. The second kappa shape index (κ2) is 8.12. The van der Waals surface area contributed by atoms with Gasteiger partial charge in [0.15, 0.2) is 5.17 Å². The highest BCUT2D eigenvalue weighted by atomic mass is 32.2. The Labute approximate surface area is 165 Å². The summed E-state index contributed by atoms with van der Waals surface area (Å²) in [5.74, 6) is 0.347. The summed E-state index contributed by atoms with van der Waals surface area (Å²) >= 11 is 2.10. The Kier molecular flexibility index (Phi) is 5.83. The van der Waals surface area contributed by atoms with Gasteiger partial charge in [0, 0.05) is 6.54 Å². The Hall–Kier alpha value is -2.36. The SMILES string of the molecule is C=CCN1C(=O)C(=Cc2cccc(OC)c2)SC1=NS(=O)(=O)c1cccs1. The van der Waals surface area contributed by atoms with Crippen molar-refractivity contribution >= 4 is 50.3 Å². The summed E-state index contributed by atoms with van der Waals surface area (Å²) in [6.45, 7) is 3.80. The number of thioether (sulfide) groups is 1. The number of sulfonamides is 1. The zero-order chi connectivity index (χ0) is 19.4. The van der Waals surface area contributed by atoms with E-state index in [0.717, 1.165) is 28.7 Å². The van der Waals surface area contributed by atoms with Crippen molar-refractivity contribution in [3.63, 3.8) is 0 Å². The molecule has 0 aliphatic carbocycles. The maximum Gasteiger partial charge on any atom is 0.294 e. The van der Waals surface area contributed by atoms with Gasteiger partial charge in [0.1, 0.15) is 9.96 Å². The minimum Gasteiger partial charge on any atom is -0.497 e. The summed E-state index contributed by atoms with van der Waals surface area (Å²) in [6.07, 6.45) is 3.21. The van der Waals surface area contributed by atoms with Crippen LogP contribution in [0.25, 0.3) is 6.08 Å². The van der Waals surface area contributed by atoms with E-state index in [4.69, 9.17) is 4.74 Å². The molecule has 1 aromatic carbocycles. The van der Waals surface area contributed by atoms with Crippen molar-refractivity contribution in [3.8, 4) is 5.75 Å². The number of carbonyl (C=O) groups is 1. The number of benzene rings is 1. The highest BCUT2D eigenvalue weighted by Gasteiger charge is 2.34. The van der Waals surface area contributed by atoms with Crippen LogP contribution in [-0.2, 0) is 14.8 Å². The molecule has 140 valence electrons. The number of hydrogen-bond acceptors (Lipinski definition) is 6. The largest absolute Gasteiger partial charge is 0.497 e. The Bertz CT molecular complexity index is 1020. The molecule has 2 aromatic rings. The molecule has 0 saturated carbocycles. The number of amides is 1. The highest BCUT2D eigenvalue weighted by molar-refractivity contribution is 8.19. The fourth-order valence-corrected chi connectivity index (χ4v) is 5.47. The fraction of sp³-hybridized carbons (Fsp3) is 0.111. The van der Waals surface area contributed by atoms with Gasteiger partial charge in [-0.1, -0.05) is 24.3 Å². The smallest absolute Gasteiger partial charge is 0.294 e. The van der Waals surface area contributed by atoms with Crippen molar-refractivity contribution in [1.82, 2.24) is 4.90 Å². The topological polar surface area (TPSA) is 76.0 Å². The van der Waals surface area contributed by atoms with Crippen LogP contribution >= 0.6 is 23.1 Å². The number of nitrogens with zero attached hydrogens (tertiary/aromatic N) is 2. The lowest BCUT2D eigenvalue weighted by atomic mass is 10.2. The van der Waals surface area contributed by atoms with Crippen molar-refractivity contribution in [2.45, 2.75) is 4.21 Å². The van der Waals surface area contributed by atoms with E-state index in [9.17, 15) is 13.2 Å². The summed E-state index contributed by atoms with van der Waals surface area (Å²) in [7, 11) is -2.31. The Morgan fingerprint density at radius 1 is 1.30 bits per heavy atom. The quantitative estimate of drug-likeness (QED) is 0.527. The normalized spacial score (nSPS) is 17.7. The van der Waals surface area contributed by atoms with Gasteiger partial charge in [-0.3, -0.25) is 9.69 Å². The summed E-state index contributed by atoms with van der Waals surface area (Å²) in [5, 5.41) is 1.78.